The van der Waals surface area contributed by atoms with Crippen molar-refractivity contribution in [2.45, 2.75) is 40.0 Å². The predicted octanol–water partition coefficient (Wildman–Crippen LogP) is 2.41. The van der Waals surface area contributed by atoms with Crippen molar-refractivity contribution < 1.29 is 0 Å². The molecule has 0 bridgehead atoms. The van der Waals surface area contributed by atoms with E-state index in [9.17, 15) is 0 Å². The van der Waals surface area contributed by atoms with Crippen molar-refractivity contribution in [3.05, 3.63) is 0 Å². The molecule has 0 radical (unpaired) electrons. The van der Waals surface area contributed by atoms with Gasteiger partial charge in [0.25, 0.3) is 0 Å². The maximum Gasteiger partial charge on any atom is -0.00515 e. The minimum absolute atomic E-state index is 0.717. The van der Waals surface area contributed by atoms with E-state index < -0.39 is 0 Å². The highest BCUT2D eigenvalue weighted by Crippen LogP contribution is 2.13. The Bertz CT molecular complexity index is 61.1. The van der Waals surface area contributed by atoms with Gasteiger partial charge in [-0.15, -0.1) is 0 Å². The van der Waals surface area contributed by atoms with Gasteiger partial charge < -0.3 is 5.73 Å². The van der Waals surface area contributed by atoms with E-state index in [4.69, 9.17) is 5.73 Å². The predicted molar refractivity (Wildman–Crippen MR) is 46.9 cm³/mol. The summed E-state index contributed by atoms with van der Waals surface area (Å²) >= 11 is 0. The molecule has 0 aromatic rings. The van der Waals surface area contributed by atoms with Crippen LogP contribution in [0.1, 0.15) is 40.0 Å². The van der Waals surface area contributed by atoms with Crippen molar-refractivity contribution in [1.82, 2.24) is 0 Å². The van der Waals surface area contributed by atoms with Crippen LogP contribution in [0.3, 0.4) is 0 Å². The Hall–Kier alpha value is -0.0400. The second-order valence-electron chi connectivity index (χ2n) is 3.43. The first-order valence-electron chi connectivity index (χ1n) is 4.40. The molecule has 2 unspecified atom stereocenters. The Morgan fingerprint density at radius 1 is 1.10 bits per heavy atom. The van der Waals surface area contributed by atoms with Crippen LogP contribution >= 0.6 is 0 Å². The molecule has 0 aromatic heterocycles. The molecule has 1 heteroatoms. The molecule has 10 heavy (non-hydrogen) atoms. The molecule has 0 amide bonds. The van der Waals surface area contributed by atoms with Crippen molar-refractivity contribution in [1.29, 1.82) is 0 Å². The van der Waals surface area contributed by atoms with Gasteiger partial charge >= 0.3 is 0 Å². The molecule has 2 atom stereocenters. The number of hydrogen-bond donors (Lipinski definition) is 1. The highest BCUT2D eigenvalue weighted by Gasteiger charge is 2.02. The standard InChI is InChI=1S/C9H21N/c1-4-8(2)5-6-9(3)7-10/h8-9H,4-7,10H2,1-3H3. The van der Waals surface area contributed by atoms with Gasteiger partial charge in [-0.1, -0.05) is 33.6 Å². The Morgan fingerprint density at radius 2 is 1.60 bits per heavy atom. The van der Waals surface area contributed by atoms with Gasteiger partial charge in [0, 0.05) is 0 Å². The lowest BCUT2D eigenvalue weighted by Crippen LogP contribution is -2.11. The maximum absolute atomic E-state index is 5.50. The van der Waals surface area contributed by atoms with Crippen molar-refractivity contribution in [2.75, 3.05) is 6.54 Å². The lowest BCUT2D eigenvalue weighted by molar-refractivity contribution is 0.428. The second-order valence-corrected chi connectivity index (χ2v) is 3.43. The molecule has 0 aliphatic carbocycles. The number of nitrogens with two attached hydrogens (primary N) is 1. The third kappa shape index (κ3) is 4.80. The lowest BCUT2D eigenvalue weighted by Gasteiger charge is -2.11. The summed E-state index contributed by atoms with van der Waals surface area (Å²) in [7, 11) is 0. The quantitative estimate of drug-likeness (QED) is 0.628. The second kappa shape index (κ2) is 5.72. The fourth-order valence-electron chi connectivity index (χ4n) is 0.891. The van der Waals surface area contributed by atoms with Gasteiger partial charge in [-0.3, -0.25) is 0 Å². The first-order chi connectivity index (χ1) is 4.70. The van der Waals surface area contributed by atoms with E-state index in [2.05, 4.69) is 20.8 Å². The van der Waals surface area contributed by atoms with Crippen molar-refractivity contribution >= 4 is 0 Å². The summed E-state index contributed by atoms with van der Waals surface area (Å²) in [6, 6.07) is 0. The van der Waals surface area contributed by atoms with Gasteiger partial charge in [0.1, 0.15) is 0 Å². The fraction of sp³-hybridized carbons (Fsp3) is 1.00. The fourth-order valence-corrected chi connectivity index (χ4v) is 0.891. The molecule has 0 saturated heterocycles. The van der Waals surface area contributed by atoms with Crippen LogP contribution in [0.25, 0.3) is 0 Å². The zero-order valence-electron chi connectivity index (χ0n) is 7.56. The Morgan fingerprint density at radius 3 is 2.00 bits per heavy atom. The molecule has 0 fully saturated rings. The third-order valence-electron chi connectivity index (χ3n) is 2.25. The van der Waals surface area contributed by atoms with Gasteiger partial charge in [-0.05, 0) is 24.8 Å². The Labute approximate surface area is 65.0 Å². The highest BCUT2D eigenvalue weighted by molar-refractivity contribution is 4.56. The van der Waals surface area contributed by atoms with Gasteiger partial charge in [0.15, 0.2) is 0 Å². The summed E-state index contributed by atoms with van der Waals surface area (Å²) in [5.74, 6) is 1.60. The van der Waals surface area contributed by atoms with Crippen LogP contribution in [0.5, 0.6) is 0 Å². The summed E-state index contributed by atoms with van der Waals surface area (Å²) in [5, 5.41) is 0. The zero-order chi connectivity index (χ0) is 7.98. The molecule has 0 aliphatic rings. The van der Waals surface area contributed by atoms with Gasteiger partial charge in [0.2, 0.25) is 0 Å². The van der Waals surface area contributed by atoms with Crippen molar-refractivity contribution in [3.8, 4) is 0 Å². The normalized spacial score (nSPS) is 16.8. The van der Waals surface area contributed by atoms with Crippen LogP contribution < -0.4 is 5.73 Å². The average Bonchev–Trinajstić information content (AvgIpc) is 1.99. The van der Waals surface area contributed by atoms with E-state index in [0.717, 1.165) is 12.5 Å². The monoisotopic (exact) mass is 143 g/mol. The summed E-state index contributed by atoms with van der Waals surface area (Å²) < 4.78 is 0. The molecule has 0 heterocycles. The average molecular weight is 143 g/mol. The van der Waals surface area contributed by atoms with Crippen LogP contribution in [0, 0.1) is 11.8 Å². The molecule has 0 spiro atoms. The van der Waals surface area contributed by atoms with Crippen LogP contribution in [0.4, 0.5) is 0 Å². The highest BCUT2D eigenvalue weighted by atomic mass is 14.5. The SMILES string of the molecule is CCC(C)CCC(C)CN. The molecule has 0 aromatic carbocycles. The maximum atomic E-state index is 5.50. The summed E-state index contributed by atoms with van der Waals surface area (Å²) in [6.45, 7) is 7.62. The van der Waals surface area contributed by atoms with Gasteiger partial charge in [-0.2, -0.15) is 0 Å². The smallest absolute Gasteiger partial charge is 0.00515 e. The molecule has 2 N–H and O–H groups in total. The van der Waals surface area contributed by atoms with E-state index >= 15 is 0 Å². The number of hydrogen-bond acceptors (Lipinski definition) is 1. The van der Waals surface area contributed by atoms with E-state index in [1.807, 2.05) is 0 Å². The van der Waals surface area contributed by atoms with E-state index in [1.165, 1.54) is 19.3 Å². The van der Waals surface area contributed by atoms with Crippen LogP contribution in [0.2, 0.25) is 0 Å². The minimum Gasteiger partial charge on any atom is -0.330 e. The first-order valence-corrected chi connectivity index (χ1v) is 4.40. The molecule has 62 valence electrons. The number of rotatable bonds is 5. The Balaban J connectivity index is 3.17. The lowest BCUT2D eigenvalue weighted by atomic mass is 9.97. The van der Waals surface area contributed by atoms with Crippen LogP contribution in [0.15, 0.2) is 0 Å². The van der Waals surface area contributed by atoms with Gasteiger partial charge in [0.05, 0.1) is 0 Å². The molecule has 0 rings (SSSR count). The van der Waals surface area contributed by atoms with E-state index in [0.29, 0.717) is 5.92 Å². The Kier molecular flexibility index (Phi) is 5.70. The molecule has 0 aliphatic heterocycles. The summed E-state index contributed by atoms with van der Waals surface area (Å²) in [6.07, 6.45) is 3.94. The van der Waals surface area contributed by atoms with Crippen LogP contribution in [-0.2, 0) is 0 Å². The summed E-state index contributed by atoms with van der Waals surface area (Å²) in [5.41, 5.74) is 5.50. The summed E-state index contributed by atoms with van der Waals surface area (Å²) in [4.78, 5) is 0. The van der Waals surface area contributed by atoms with Gasteiger partial charge in [-0.25, -0.2) is 0 Å². The van der Waals surface area contributed by atoms with Crippen LogP contribution in [-0.4, -0.2) is 6.54 Å². The first kappa shape index (κ1) is 9.96. The molecule has 0 saturated carbocycles. The van der Waals surface area contributed by atoms with E-state index in [1.54, 1.807) is 0 Å². The topological polar surface area (TPSA) is 26.0 Å². The zero-order valence-corrected chi connectivity index (χ0v) is 7.56. The van der Waals surface area contributed by atoms with Crippen molar-refractivity contribution in [2.24, 2.45) is 17.6 Å². The minimum atomic E-state index is 0.717. The van der Waals surface area contributed by atoms with Crippen molar-refractivity contribution in [3.63, 3.8) is 0 Å². The largest absolute Gasteiger partial charge is 0.330 e. The molecular weight excluding hydrogens is 122 g/mol. The molecular formula is C9H21N. The molecule has 1 nitrogen and oxygen atoms in total. The third-order valence-corrected chi connectivity index (χ3v) is 2.25. The van der Waals surface area contributed by atoms with E-state index in [-0.39, 0.29) is 0 Å².